The van der Waals surface area contributed by atoms with Crippen LogP contribution in [0.4, 0.5) is 0 Å². The number of nitrogens with two attached hydrogens (primary N) is 1. The first-order valence-corrected chi connectivity index (χ1v) is 9.45. The fourth-order valence-electron chi connectivity index (χ4n) is 3.30. The summed E-state index contributed by atoms with van der Waals surface area (Å²) in [7, 11) is -3.47. The standard InChI is InChI=1S/C16H23N3O3S/c1-12(20)18-7-4-13-2-3-16(10-14(13)5-8-18)23(21,22)19-9-6-15(17)11-19/h2-3,10,15H,4-9,11,17H2,1H3/t15-/m0/s1. The van der Waals surface area contributed by atoms with Crippen LogP contribution in [0.1, 0.15) is 24.5 Å². The number of fused-ring (bicyclic) bond motifs is 1. The van der Waals surface area contributed by atoms with Gasteiger partial charge in [0.2, 0.25) is 15.9 Å². The fourth-order valence-corrected chi connectivity index (χ4v) is 4.86. The van der Waals surface area contributed by atoms with Crippen molar-refractivity contribution >= 4 is 15.9 Å². The summed E-state index contributed by atoms with van der Waals surface area (Å²) in [5, 5.41) is 0. The quantitative estimate of drug-likeness (QED) is 0.844. The molecule has 0 aromatic heterocycles. The van der Waals surface area contributed by atoms with Crippen LogP contribution in [0, 0.1) is 0 Å². The zero-order valence-electron chi connectivity index (χ0n) is 13.4. The zero-order valence-corrected chi connectivity index (χ0v) is 14.2. The van der Waals surface area contributed by atoms with Crippen LogP contribution < -0.4 is 5.73 Å². The van der Waals surface area contributed by atoms with E-state index >= 15 is 0 Å². The zero-order chi connectivity index (χ0) is 16.6. The lowest BCUT2D eigenvalue weighted by molar-refractivity contribution is -0.128. The predicted molar refractivity (Wildman–Crippen MR) is 87.5 cm³/mol. The second kappa shape index (κ2) is 6.22. The average Bonchev–Trinajstić information content (AvgIpc) is 2.83. The largest absolute Gasteiger partial charge is 0.342 e. The van der Waals surface area contributed by atoms with Crippen LogP contribution >= 0.6 is 0 Å². The van der Waals surface area contributed by atoms with Crippen molar-refractivity contribution in [2.75, 3.05) is 26.2 Å². The maximum absolute atomic E-state index is 12.7. The summed E-state index contributed by atoms with van der Waals surface area (Å²) < 4.78 is 26.9. The topological polar surface area (TPSA) is 83.7 Å². The van der Waals surface area contributed by atoms with E-state index in [-0.39, 0.29) is 11.9 Å². The molecule has 0 bridgehead atoms. The Morgan fingerprint density at radius 3 is 2.48 bits per heavy atom. The first-order chi connectivity index (χ1) is 10.9. The van der Waals surface area contributed by atoms with Crippen molar-refractivity contribution in [2.45, 2.75) is 37.1 Å². The van der Waals surface area contributed by atoms with Gasteiger partial charge in [-0.25, -0.2) is 8.42 Å². The molecule has 1 aromatic rings. The second-order valence-corrected chi connectivity index (χ2v) is 8.29. The molecule has 1 aromatic carbocycles. The van der Waals surface area contributed by atoms with Gasteiger partial charge in [0.25, 0.3) is 0 Å². The molecular weight excluding hydrogens is 314 g/mol. The van der Waals surface area contributed by atoms with E-state index < -0.39 is 10.0 Å². The Kier molecular flexibility index (Phi) is 4.44. The lowest BCUT2D eigenvalue weighted by Gasteiger charge is -2.17. The van der Waals surface area contributed by atoms with Crippen LogP contribution in [0.3, 0.4) is 0 Å². The Balaban J connectivity index is 1.86. The molecule has 1 saturated heterocycles. The number of amides is 1. The molecule has 2 N–H and O–H groups in total. The molecule has 2 aliphatic rings. The Hall–Kier alpha value is -1.44. The van der Waals surface area contributed by atoms with E-state index in [4.69, 9.17) is 5.73 Å². The van der Waals surface area contributed by atoms with Crippen molar-refractivity contribution in [2.24, 2.45) is 5.73 Å². The SMILES string of the molecule is CC(=O)N1CCc2ccc(S(=O)(=O)N3CC[C@H](N)C3)cc2CC1. The number of carbonyl (C=O) groups excluding carboxylic acids is 1. The second-order valence-electron chi connectivity index (χ2n) is 6.35. The third-order valence-electron chi connectivity index (χ3n) is 4.75. The molecule has 0 unspecified atom stereocenters. The van der Waals surface area contributed by atoms with Crippen LogP contribution in [0.5, 0.6) is 0 Å². The number of hydrogen-bond acceptors (Lipinski definition) is 4. The smallest absolute Gasteiger partial charge is 0.243 e. The first-order valence-electron chi connectivity index (χ1n) is 8.01. The van der Waals surface area contributed by atoms with Gasteiger partial charge in [0.15, 0.2) is 0 Å². The van der Waals surface area contributed by atoms with E-state index in [2.05, 4.69) is 0 Å². The fraction of sp³-hybridized carbons (Fsp3) is 0.562. The Morgan fingerprint density at radius 1 is 1.17 bits per heavy atom. The number of sulfonamides is 1. The van der Waals surface area contributed by atoms with Gasteiger partial charge in [-0.2, -0.15) is 4.31 Å². The molecule has 0 spiro atoms. The summed E-state index contributed by atoms with van der Waals surface area (Å²) in [6.45, 7) is 3.77. The predicted octanol–water partition coefficient (Wildman–Crippen LogP) is 0.355. The van der Waals surface area contributed by atoms with Gasteiger partial charge < -0.3 is 10.6 Å². The first kappa shape index (κ1) is 16.4. The molecule has 2 aliphatic heterocycles. The van der Waals surface area contributed by atoms with E-state index in [1.807, 2.05) is 11.0 Å². The minimum absolute atomic E-state index is 0.0664. The molecule has 126 valence electrons. The Morgan fingerprint density at radius 2 is 1.87 bits per heavy atom. The molecule has 1 atom stereocenters. The van der Waals surface area contributed by atoms with Crippen molar-refractivity contribution in [1.29, 1.82) is 0 Å². The third kappa shape index (κ3) is 3.27. The van der Waals surface area contributed by atoms with Crippen LogP contribution in [-0.4, -0.2) is 55.8 Å². The van der Waals surface area contributed by atoms with Gasteiger partial charge >= 0.3 is 0 Å². The lowest BCUT2D eigenvalue weighted by Crippen LogP contribution is -2.32. The lowest BCUT2D eigenvalue weighted by atomic mass is 10.0. The summed E-state index contributed by atoms with van der Waals surface area (Å²) in [6.07, 6.45) is 2.17. The maximum Gasteiger partial charge on any atom is 0.243 e. The molecule has 3 rings (SSSR count). The summed E-state index contributed by atoms with van der Waals surface area (Å²) >= 11 is 0. The van der Waals surface area contributed by atoms with Crippen molar-refractivity contribution in [3.8, 4) is 0 Å². The number of benzene rings is 1. The van der Waals surface area contributed by atoms with Gasteiger partial charge in [-0.1, -0.05) is 6.07 Å². The van der Waals surface area contributed by atoms with Gasteiger partial charge in [0, 0.05) is 39.1 Å². The number of nitrogens with zero attached hydrogens (tertiary/aromatic N) is 2. The van der Waals surface area contributed by atoms with E-state index in [0.717, 1.165) is 17.5 Å². The maximum atomic E-state index is 12.7. The highest BCUT2D eigenvalue weighted by Gasteiger charge is 2.31. The molecular formula is C16H23N3O3S. The van der Waals surface area contributed by atoms with Gasteiger partial charge in [-0.3, -0.25) is 4.79 Å². The van der Waals surface area contributed by atoms with Crippen molar-refractivity contribution in [3.05, 3.63) is 29.3 Å². The molecule has 23 heavy (non-hydrogen) atoms. The molecule has 0 aliphatic carbocycles. The highest BCUT2D eigenvalue weighted by atomic mass is 32.2. The van der Waals surface area contributed by atoms with Crippen LogP contribution in [-0.2, 0) is 27.7 Å². The Bertz CT molecular complexity index is 717. The van der Waals surface area contributed by atoms with Gasteiger partial charge in [-0.15, -0.1) is 0 Å². The van der Waals surface area contributed by atoms with E-state index in [1.54, 1.807) is 19.1 Å². The minimum atomic E-state index is -3.47. The average molecular weight is 337 g/mol. The summed E-state index contributed by atoms with van der Waals surface area (Å²) in [6, 6.07) is 5.27. The summed E-state index contributed by atoms with van der Waals surface area (Å²) in [4.78, 5) is 13.7. The number of hydrogen-bond donors (Lipinski definition) is 1. The normalized spacial score (nSPS) is 22.7. The van der Waals surface area contributed by atoms with E-state index in [9.17, 15) is 13.2 Å². The van der Waals surface area contributed by atoms with Crippen LogP contribution in [0.15, 0.2) is 23.1 Å². The van der Waals surface area contributed by atoms with Gasteiger partial charge in [0.05, 0.1) is 4.90 Å². The summed E-state index contributed by atoms with van der Waals surface area (Å²) in [5.74, 6) is 0.0664. The monoisotopic (exact) mass is 337 g/mol. The van der Waals surface area contributed by atoms with E-state index in [0.29, 0.717) is 43.9 Å². The highest BCUT2D eigenvalue weighted by molar-refractivity contribution is 7.89. The molecule has 1 amide bonds. The number of rotatable bonds is 2. The van der Waals surface area contributed by atoms with Crippen molar-refractivity contribution in [3.63, 3.8) is 0 Å². The summed E-state index contributed by atoms with van der Waals surface area (Å²) in [5.41, 5.74) is 7.99. The molecule has 1 fully saturated rings. The van der Waals surface area contributed by atoms with Crippen LogP contribution in [0.2, 0.25) is 0 Å². The molecule has 6 nitrogen and oxygen atoms in total. The number of carbonyl (C=O) groups is 1. The Labute approximate surface area is 137 Å². The van der Waals surface area contributed by atoms with Crippen molar-refractivity contribution in [1.82, 2.24) is 9.21 Å². The molecule has 2 heterocycles. The highest BCUT2D eigenvalue weighted by Crippen LogP contribution is 2.25. The van der Waals surface area contributed by atoms with Crippen LogP contribution in [0.25, 0.3) is 0 Å². The molecule has 0 radical (unpaired) electrons. The van der Waals surface area contributed by atoms with Gasteiger partial charge in [-0.05, 0) is 42.5 Å². The van der Waals surface area contributed by atoms with Gasteiger partial charge in [0.1, 0.15) is 0 Å². The minimum Gasteiger partial charge on any atom is -0.342 e. The molecule has 7 heteroatoms. The van der Waals surface area contributed by atoms with E-state index in [1.165, 1.54) is 4.31 Å². The molecule has 0 saturated carbocycles. The van der Waals surface area contributed by atoms with Crippen molar-refractivity contribution < 1.29 is 13.2 Å². The third-order valence-corrected chi connectivity index (χ3v) is 6.61.